The Morgan fingerprint density at radius 1 is 1.56 bits per heavy atom. The topological polar surface area (TPSA) is 61.6 Å². The molecule has 0 saturated heterocycles. The SMILES string of the molecule is NC(=O)C1=COC=CO1. The molecule has 1 rings (SSSR count). The van der Waals surface area contributed by atoms with E-state index < -0.39 is 5.91 Å². The summed E-state index contributed by atoms with van der Waals surface area (Å²) in [6, 6.07) is 0. The second-order valence-electron chi connectivity index (χ2n) is 1.37. The number of amides is 1. The normalized spacial score (nSPS) is 15.3. The molecule has 0 unspecified atom stereocenters. The molecule has 2 N–H and O–H groups in total. The Bertz CT molecular complexity index is 183. The van der Waals surface area contributed by atoms with Crippen LogP contribution in [0, 0.1) is 0 Å². The van der Waals surface area contributed by atoms with Gasteiger partial charge >= 0.3 is 0 Å². The number of nitrogens with two attached hydrogens (primary N) is 1. The number of carbonyl (C=O) groups is 1. The molecule has 0 fully saturated rings. The molecule has 0 saturated carbocycles. The van der Waals surface area contributed by atoms with E-state index in [0.29, 0.717) is 0 Å². The van der Waals surface area contributed by atoms with Crippen molar-refractivity contribution in [1.82, 2.24) is 0 Å². The predicted molar refractivity (Wildman–Crippen MR) is 28.6 cm³/mol. The molecule has 9 heavy (non-hydrogen) atoms. The molecule has 1 aliphatic heterocycles. The van der Waals surface area contributed by atoms with Crippen LogP contribution in [0.2, 0.25) is 0 Å². The largest absolute Gasteiger partial charge is 0.465 e. The Morgan fingerprint density at radius 3 is 2.67 bits per heavy atom. The number of hydrogen-bond donors (Lipinski definition) is 1. The maximum atomic E-state index is 10.3. The van der Waals surface area contributed by atoms with E-state index in [0.717, 1.165) is 6.26 Å². The first-order valence-corrected chi connectivity index (χ1v) is 2.28. The van der Waals surface area contributed by atoms with E-state index in [1.54, 1.807) is 0 Å². The second-order valence-corrected chi connectivity index (χ2v) is 1.37. The summed E-state index contributed by atoms with van der Waals surface area (Å²) in [5, 5.41) is 0. The Balaban J connectivity index is 2.61. The van der Waals surface area contributed by atoms with Gasteiger partial charge in [0.25, 0.3) is 5.91 Å². The Labute approximate surface area is 51.5 Å². The van der Waals surface area contributed by atoms with Gasteiger partial charge in [0, 0.05) is 0 Å². The zero-order valence-corrected chi connectivity index (χ0v) is 4.53. The lowest BCUT2D eigenvalue weighted by Crippen LogP contribution is -2.15. The van der Waals surface area contributed by atoms with Crippen molar-refractivity contribution >= 4 is 5.91 Å². The quantitative estimate of drug-likeness (QED) is 0.532. The van der Waals surface area contributed by atoms with Crippen LogP contribution in [-0.2, 0) is 14.3 Å². The minimum atomic E-state index is -0.639. The van der Waals surface area contributed by atoms with Crippen LogP contribution in [0.3, 0.4) is 0 Å². The summed E-state index contributed by atoms with van der Waals surface area (Å²) in [6.45, 7) is 0. The van der Waals surface area contributed by atoms with Gasteiger partial charge in [0.1, 0.15) is 18.8 Å². The molecule has 1 amide bonds. The first-order chi connectivity index (χ1) is 4.30. The molecule has 48 valence electrons. The molecule has 0 spiro atoms. The highest BCUT2D eigenvalue weighted by Crippen LogP contribution is 2.02. The van der Waals surface area contributed by atoms with Crippen molar-refractivity contribution in [2.24, 2.45) is 5.73 Å². The van der Waals surface area contributed by atoms with Gasteiger partial charge in [0.05, 0.1) is 0 Å². The predicted octanol–water partition coefficient (Wildman–Crippen LogP) is -0.169. The average Bonchev–Trinajstić information content (AvgIpc) is 1.90. The first-order valence-electron chi connectivity index (χ1n) is 2.28. The Hall–Kier alpha value is -1.45. The molecule has 0 aromatic rings. The third-order valence-corrected chi connectivity index (χ3v) is 0.747. The molecule has 0 aliphatic carbocycles. The zero-order valence-electron chi connectivity index (χ0n) is 4.53. The molecular weight excluding hydrogens is 122 g/mol. The number of rotatable bonds is 1. The molecule has 0 aromatic carbocycles. The average molecular weight is 127 g/mol. The van der Waals surface area contributed by atoms with Gasteiger partial charge in [0.15, 0.2) is 0 Å². The van der Waals surface area contributed by atoms with Crippen molar-refractivity contribution in [2.45, 2.75) is 0 Å². The highest BCUT2D eigenvalue weighted by molar-refractivity contribution is 5.89. The molecule has 0 radical (unpaired) electrons. The number of carbonyl (C=O) groups excluding carboxylic acids is 1. The summed E-state index contributed by atoms with van der Waals surface area (Å²) < 4.78 is 9.20. The smallest absolute Gasteiger partial charge is 0.287 e. The van der Waals surface area contributed by atoms with Crippen LogP contribution in [-0.4, -0.2) is 5.91 Å². The second kappa shape index (κ2) is 2.21. The summed E-state index contributed by atoms with van der Waals surface area (Å²) >= 11 is 0. The van der Waals surface area contributed by atoms with E-state index >= 15 is 0 Å². The molecule has 0 aromatic heterocycles. The standard InChI is InChI=1S/C5H5NO3/c6-5(7)4-3-8-1-2-9-4/h1-3H,(H2,6,7). The molecule has 0 bridgehead atoms. The van der Waals surface area contributed by atoms with Gasteiger partial charge in [0.2, 0.25) is 5.76 Å². The molecule has 0 atom stereocenters. The fourth-order valence-corrected chi connectivity index (χ4v) is 0.378. The van der Waals surface area contributed by atoms with Gasteiger partial charge in [-0.2, -0.15) is 0 Å². The Kier molecular flexibility index (Phi) is 1.40. The van der Waals surface area contributed by atoms with Crippen molar-refractivity contribution in [1.29, 1.82) is 0 Å². The van der Waals surface area contributed by atoms with E-state index in [1.165, 1.54) is 12.5 Å². The molecule has 4 nitrogen and oxygen atoms in total. The first kappa shape index (κ1) is 5.68. The van der Waals surface area contributed by atoms with Crippen molar-refractivity contribution in [3.05, 3.63) is 24.5 Å². The minimum Gasteiger partial charge on any atom is -0.465 e. The maximum Gasteiger partial charge on any atom is 0.287 e. The van der Waals surface area contributed by atoms with Gasteiger partial charge in [-0.25, -0.2) is 0 Å². The fourth-order valence-electron chi connectivity index (χ4n) is 0.378. The van der Waals surface area contributed by atoms with E-state index in [1.807, 2.05) is 0 Å². The molecule has 1 aliphatic rings. The van der Waals surface area contributed by atoms with Crippen LogP contribution < -0.4 is 5.73 Å². The minimum absolute atomic E-state index is 0.0116. The van der Waals surface area contributed by atoms with Gasteiger partial charge in [-0.1, -0.05) is 0 Å². The van der Waals surface area contributed by atoms with Crippen molar-refractivity contribution in [2.75, 3.05) is 0 Å². The van der Waals surface area contributed by atoms with Crippen molar-refractivity contribution in [3.63, 3.8) is 0 Å². The van der Waals surface area contributed by atoms with Crippen LogP contribution in [0.25, 0.3) is 0 Å². The van der Waals surface area contributed by atoms with Crippen LogP contribution >= 0.6 is 0 Å². The monoisotopic (exact) mass is 127 g/mol. The van der Waals surface area contributed by atoms with Crippen LogP contribution in [0.15, 0.2) is 24.5 Å². The van der Waals surface area contributed by atoms with E-state index in [2.05, 4.69) is 9.47 Å². The lowest BCUT2D eigenvalue weighted by atomic mass is 10.5. The van der Waals surface area contributed by atoms with E-state index in [-0.39, 0.29) is 5.76 Å². The highest BCUT2D eigenvalue weighted by Gasteiger charge is 2.06. The maximum absolute atomic E-state index is 10.3. The van der Waals surface area contributed by atoms with Gasteiger partial charge < -0.3 is 15.2 Å². The van der Waals surface area contributed by atoms with E-state index in [4.69, 9.17) is 5.73 Å². The van der Waals surface area contributed by atoms with Crippen molar-refractivity contribution in [3.8, 4) is 0 Å². The van der Waals surface area contributed by atoms with Crippen LogP contribution in [0.4, 0.5) is 0 Å². The summed E-state index contributed by atoms with van der Waals surface area (Å²) in [4.78, 5) is 10.3. The third-order valence-electron chi connectivity index (χ3n) is 0.747. The van der Waals surface area contributed by atoms with Gasteiger partial charge in [-0.05, 0) is 0 Å². The summed E-state index contributed by atoms with van der Waals surface area (Å²) in [5.74, 6) is -0.628. The highest BCUT2D eigenvalue weighted by atomic mass is 16.5. The number of hydrogen-bond acceptors (Lipinski definition) is 3. The molecular formula is C5H5NO3. The van der Waals surface area contributed by atoms with Crippen LogP contribution in [0.5, 0.6) is 0 Å². The lowest BCUT2D eigenvalue weighted by Gasteiger charge is -2.04. The van der Waals surface area contributed by atoms with Gasteiger partial charge in [-0.15, -0.1) is 0 Å². The fraction of sp³-hybridized carbons (Fsp3) is 0. The third kappa shape index (κ3) is 1.22. The molecule has 1 heterocycles. The summed E-state index contributed by atoms with van der Waals surface area (Å²) in [6.07, 6.45) is 3.68. The number of ether oxygens (including phenoxy) is 2. The van der Waals surface area contributed by atoms with Crippen LogP contribution in [0.1, 0.15) is 0 Å². The van der Waals surface area contributed by atoms with Crippen molar-refractivity contribution < 1.29 is 14.3 Å². The Morgan fingerprint density at radius 2 is 2.33 bits per heavy atom. The zero-order chi connectivity index (χ0) is 6.69. The van der Waals surface area contributed by atoms with E-state index in [9.17, 15) is 4.79 Å². The lowest BCUT2D eigenvalue weighted by molar-refractivity contribution is -0.117. The number of primary amides is 1. The van der Waals surface area contributed by atoms with Gasteiger partial charge in [-0.3, -0.25) is 4.79 Å². The summed E-state index contributed by atoms with van der Waals surface area (Å²) in [5.41, 5.74) is 4.82. The summed E-state index contributed by atoms with van der Waals surface area (Å²) in [7, 11) is 0. The molecule has 4 heteroatoms.